The van der Waals surface area contributed by atoms with Crippen molar-refractivity contribution in [2.75, 3.05) is 19.8 Å². The van der Waals surface area contributed by atoms with E-state index in [0.717, 1.165) is 18.2 Å². The Morgan fingerprint density at radius 3 is 2.35 bits per heavy atom. The maximum atomic E-state index is 12.8. The van der Waals surface area contributed by atoms with E-state index in [2.05, 4.69) is 5.32 Å². The van der Waals surface area contributed by atoms with Crippen LogP contribution < -0.4 is 5.32 Å². The van der Waals surface area contributed by atoms with Gasteiger partial charge in [-0.3, -0.25) is 4.79 Å². The van der Waals surface area contributed by atoms with E-state index in [0.29, 0.717) is 0 Å². The molecule has 0 amide bonds. The summed E-state index contributed by atoms with van der Waals surface area (Å²) in [4.78, 5) is 23.0. The molecule has 0 saturated carbocycles. The molecule has 1 aromatic carbocycles. The third kappa shape index (κ3) is 5.90. The fourth-order valence-electron chi connectivity index (χ4n) is 1.84. The van der Waals surface area contributed by atoms with Crippen molar-refractivity contribution in [2.24, 2.45) is 0 Å². The highest BCUT2D eigenvalue weighted by Crippen LogP contribution is 2.30. The second-order valence-corrected chi connectivity index (χ2v) is 4.50. The fraction of sp³-hybridized carbons (Fsp3) is 0.467. The highest BCUT2D eigenvalue weighted by atomic mass is 19.4. The number of rotatable bonds is 7. The van der Waals surface area contributed by atoms with Gasteiger partial charge in [0.05, 0.1) is 30.9 Å². The van der Waals surface area contributed by atoms with Crippen molar-refractivity contribution in [3.8, 4) is 0 Å². The highest BCUT2D eigenvalue weighted by molar-refractivity contribution is 5.91. The van der Waals surface area contributed by atoms with E-state index in [9.17, 15) is 22.8 Å². The van der Waals surface area contributed by atoms with Crippen molar-refractivity contribution in [1.82, 2.24) is 5.32 Å². The summed E-state index contributed by atoms with van der Waals surface area (Å²) in [6, 6.07) is 2.76. The molecule has 1 rings (SSSR count). The number of esters is 2. The van der Waals surface area contributed by atoms with E-state index in [4.69, 9.17) is 9.47 Å². The maximum absolute atomic E-state index is 12.8. The largest absolute Gasteiger partial charge is 0.465 e. The monoisotopic (exact) mass is 333 g/mol. The summed E-state index contributed by atoms with van der Waals surface area (Å²) >= 11 is 0. The summed E-state index contributed by atoms with van der Waals surface area (Å²) in [6.45, 7) is 3.28. The average molecular weight is 333 g/mol. The summed E-state index contributed by atoms with van der Waals surface area (Å²) in [5, 5.41) is 2.65. The van der Waals surface area contributed by atoms with E-state index >= 15 is 0 Å². The Bertz CT molecular complexity index is 558. The van der Waals surface area contributed by atoms with E-state index in [1.165, 1.54) is 0 Å². The van der Waals surface area contributed by atoms with Crippen LogP contribution >= 0.6 is 0 Å². The quantitative estimate of drug-likeness (QED) is 0.777. The first kappa shape index (κ1) is 19.0. The van der Waals surface area contributed by atoms with Crippen LogP contribution in [0, 0.1) is 0 Å². The molecule has 23 heavy (non-hydrogen) atoms. The molecule has 1 N–H and O–H groups in total. The molecule has 0 aliphatic rings. The van der Waals surface area contributed by atoms with Gasteiger partial charge in [-0.15, -0.1) is 0 Å². The average Bonchev–Trinajstić information content (AvgIpc) is 2.46. The van der Waals surface area contributed by atoms with Crippen molar-refractivity contribution >= 4 is 11.9 Å². The Kier molecular flexibility index (Phi) is 7.02. The Hall–Kier alpha value is -2.09. The van der Waals surface area contributed by atoms with Crippen LogP contribution in [0.1, 0.15) is 35.3 Å². The molecule has 128 valence electrons. The first-order valence-corrected chi connectivity index (χ1v) is 7.03. The Morgan fingerprint density at radius 1 is 1.13 bits per heavy atom. The summed E-state index contributed by atoms with van der Waals surface area (Å²) in [5.41, 5.74) is -0.753. The second-order valence-electron chi connectivity index (χ2n) is 4.50. The van der Waals surface area contributed by atoms with Crippen LogP contribution in [0.3, 0.4) is 0 Å². The SMILES string of the molecule is CCOC(=O)CNCc1cc(C(F)(F)F)ccc1C(=O)OCC. The second kappa shape index (κ2) is 8.52. The van der Waals surface area contributed by atoms with Gasteiger partial charge in [-0.2, -0.15) is 13.2 Å². The number of carbonyl (C=O) groups is 2. The zero-order valence-corrected chi connectivity index (χ0v) is 12.8. The smallest absolute Gasteiger partial charge is 0.416 e. The molecule has 0 aromatic heterocycles. The van der Waals surface area contributed by atoms with Crippen LogP contribution in [0.25, 0.3) is 0 Å². The van der Waals surface area contributed by atoms with Gasteiger partial charge in [0.25, 0.3) is 0 Å². The predicted molar refractivity (Wildman–Crippen MR) is 75.7 cm³/mol. The normalized spacial score (nSPS) is 11.2. The first-order valence-electron chi connectivity index (χ1n) is 7.03. The van der Waals surface area contributed by atoms with E-state index in [-0.39, 0.29) is 37.4 Å². The molecule has 0 fully saturated rings. The number of nitrogens with one attached hydrogen (secondary N) is 1. The van der Waals surface area contributed by atoms with Gasteiger partial charge in [-0.25, -0.2) is 4.79 Å². The maximum Gasteiger partial charge on any atom is 0.416 e. The zero-order chi connectivity index (χ0) is 17.5. The minimum Gasteiger partial charge on any atom is -0.465 e. The summed E-state index contributed by atoms with van der Waals surface area (Å²) in [5.74, 6) is -1.24. The molecule has 0 atom stereocenters. The lowest BCUT2D eigenvalue weighted by Gasteiger charge is -2.13. The molecule has 0 bridgehead atoms. The Balaban J connectivity index is 2.94. The Morgan fingerprint density at radius 2 is 1.78 bits per heavy atom. The lowest BCUT2D eigenvalue weighted by atomic mass is 10.0. The number of carbonyl (C=O) groups excluding carboxylic acids is 2. The molecule has 0 radical (unpaired) electrons. The molecule has 0 aliphatic carbocycles. The molecular weight excluding hydrogens is 315 g/mol. The zero-order valence-electron chi connectivity index (χ0n) is 12.8. The summed E-state index contributed by atoms with van der Waals surface area (Å²) in [7, 11) is 0. The molecule has 0 spiro atoms. The molecule has 0 heterocycles. The van der Waals surface area contributed by atoms with Gasteiger partial charge in [0.2, 0.25) is 0 Å². The summed E-state index contributed by atoms with van der Waals surface area (Å²) in [6.07, 6.45) is -4.52. The van der Waals surface area contributed by atoms with E-state index in [1.807, 2.05) is 0 Å². The molecule has 0 saturated heterocycles. The number of halogens is 3. The van der Waals surface area contributed by atoms with Crippen molar-refractivity contribution in [2.45, 2.75) is 26.6 Å². The van der Waals surface area contributed by atoms with Crippen molar-refractivity contribution in [3.63, 3.8) is 0 Å². The number of ether oxygens (including phenoxy) is 2. The topological polar surface area (TPSA) is 64.6 Å². The van der Waals surface area contributed by atoms with Gasteiger partial charge in [-0.1, -0.05) is 0 Å². The number of benzene rings is 1. The molecule has 8 heteroatoms. The van der Waals surface area contributed by atoms with Crippen LogP contribution in [-0.2, 0) is 27.0 Å². The summed E-state index contributed by atoms with van der Waals surface area (Å²) < 4.78 is 47.9. The van der Waals surface area contributed by atoms with Crippen molar-refractivity contribution in [3.05, 3.63) is 34.9 Å². The fourth-order valence-corrected chi connectivity index (χ4v) is 1.84. The number of hydrogen-bond donors (Lipinski definition) is 1. The Labute approximate surface area is 131 Å². The van der Waals surface area contributed by atoms with E-state index < -0.39 is 23.7 Å². The standard InChI is InChI=1S/C15H18F3NO4/c1-3-22-13(20)9-19-8-10-7-11(15(16,17)18)5-6-12(10)14(21)23-4-2/h5-7,19H,3-4,8-9H2,1-2H3. The lowest BCUT2D eigenvalue weighted by molar-refractivity contribution is -0.142. The first-order chi connectivity index (χ1) is 10.8. The number of hydrogen-bond acceptors (Lipinski definition) is 5. The van der Waals surface area contributed by atoms with Gasteiger partial charge in [0.1, 0.15) is 0 Å². The van der Waals surface area contributed by atoms with Gasteiger partial charge < -0.3 is 14.8 Å². The molecule has 0 aliphatic heterocycles. The van der Waals surface area contributed by atoms with Gasteiger partial charge in [0, 0.05) is 6.54 Å². The molecule has 0 unspecified atom stereocenters. The third-order valence-corrected chi connectivity index (χ3v) is 2.82. The van der Waals surface area contributed by atoms with Crippen LogP contribution in [-0.4, -0.2) is 31.7 Å². The van der Waals surface area contributed by atoms with Crippen molar-refractivity contribution in [1.29, 1.82) is 0 Å². The number of alkyl halides is 3. The van der Waals surface area contributed by atoms with Gasteiger partial charge in [-0.05, 0) is 37.6 Å². The van der Waals surface area contributed by atoms with Crippen LogP contribution in [0.5, 0.6) is 0 Å². The minimum absolute atomic E-state index is 0.0243. The van der Waals surface area contributed by atoms with Crippen LogP contribution in [0.2, 0.25) is 0 Å². The molecule has 1 aromatic rings. The molecular formula is C15H18F3NO4. The van der Waals surface area contributed by atoms with E-state index in [1.54, 1.807) is 13.8 Å². The molecule has 5 nitrogen and oxygen atoms in total. The minimum atomic E-state index is -4.52. The third-order valence-electron chi connectivity index (χ3n) is 2.82. The predicted octanol–water partition coefficient (Wildman–Crippen LogP) is 2.53. The van der Waals surface area contributed by atoms with Gasteiger partial charge in [0.15, 0.2) is 0 Å². The highest BCUT2D eigenvalue weighted by Gasteiger charge is 2.31. The van der Waals surface area contributed by atoms with Gasteiger partial charge >= 0.3 is 18.1 Å². The lowest BCUT2D eigenvalue weighted by Crippen LogP contribution is -2.25. The van der Waals surface area contributed by atoms with Crippen LogP contribution in [0.4, 0.5) is 13.2 Å². The van der Waals surface area contributed by atoms with Crippen molar-refractivity contribution < 1.29 is 32.2 Å². The van der Waals surface area contributed by atoms with Crippen LogP contribution in [0.15, 0.2) is 18.2 Å².